The van der Waals surface area contributed by atoms with E-state index in [2.05, 4.69) is 0 Å². The molecule has 1 unspecified atom stereocenters. The molecule has 0 saturated heterocycles. The van der Waals surface area contributed by atoms with E-state index in [1.165, 1.54) is 14.2 Å². The zero-order chi connectivity index (χ0) is 26.6. The number of esters is 1. The summed E-state index contributed by atoms with van der Waals surface area (Å²) in [4.78, 5) is 39.5. The van der Waals surface area contributed by atoms with Gasteiger partial charge in [0.25, 0.3) is 5.56 Å². The monoisotopic (exact) mass is 509 g/mol. The van der Waals surface area contributed by atoms with E-state index in [9.17, 15) is 14.4 Å². The summed E-state index contributed by atoms with van der Waals surface area (Å²) < 4.78 is 24.1. The average molecular weight is 510 g/mol. The van der Waals surface area contributed by atoms with Crippen LogP contribution in [-0.2, 0) is 11.8 Å². The van der Waals surface area contributed by atoms with Crippen molar-refractivity contribution in [2.45, 2.75) is 12.3 Å². The van der Waals surface area contributed by atoms with Gasteiger partial charge in [-0.2, -0.15) is 0 Å². The number of ether oxygens (including phenoxy) is 4. The number of ketones is 1. The average Bonchev–Trinajstić information content (AvgIpc) is 3.24. The van der Waals surface area contributed by atoms with Gasteiger partial charge in [0.1, 0.15) is 11.5 Å². The molecule has 190 valence electrons. The van der Waals surface area contributed by atoms with Crippen molar-refractivity contribution in [1.82, 2.24) is 4.57 Å². The number of carbonyl (C=O) groups is 2. The second-order valence-corrected chi connectivity index (χ2v) is 9.13. The van der Waals surface area contributed by atoms with E-state index in [0.717, 1.165) is 10.9 Å². The number of fused-ring (bicyclic) bond motifs is 4. The van der Waals surface area contributed by atoms with Crippen molar-refractivity contribution in [3.63, 3.8) is 0 Å². The van der Waals surface area contributed by atoms with Gasteiger partial charge in [0.2, 0.25) is 5.78 Å². The Bertz CT molecular complexity index is 1750. The first-order chi connectivity index (χ1) is 18.4. The molecule has 8 heteroatoms. The molecule has 2 aliphatic heterocycles. The molecule has 38 heavy (non-hydrogen) atoms. The number of allylic oxidation sites excluding steroid dienone is 1. The lowest BCUT2D eigenvalue weighted by atomic mass is 9.84. The van der Waals surface area contributed by atoms with E-state index < -0.39 is 11.9 Å². The van der Waals surface area contributed by atoms with Crippen molar-refractivity contribution in [1.29, 1.82) is 0 Å². The van der Waals surface area contributed by atoms with Crippen molar-refractivity contribution < 1.29 is 28.5 Å². The lowest BCUT2D eigenvalue weighted by Crippen LogP contribution is -2.29. The van der Waals surface area contributed by atoms with Crippen LogP contribution in [0.15, 0.2) is 71.2 Å². The van der Waals surface area contributed by atoms with Gasteiger partial charge in [-0.15, -0.1) is 0 Å². The molecule has 8 nitrogen and oxygen atoms in total. The number of aromatic nitrogens is 1. The molecule has 1 atom stereocenters. The number of Topliss-reactive ketones (excluding diaryl/α,β-unsaturated/α-hetero) is 1. The van der Waals surface area contributed by atoms with Gasteiger partial charge in [-0.25, -0.2) is 0 Å². The molecule has 2 aliphatic rings. The standard InChI is InChI=1S/C30H23NO7/c1-31-21-9-5-4-7-16(21)13-20(30(31)34)19-15-25(32)37-22-12-11-18-27(33)24(38-29(18)26(19)22)14-17-8-6-10-23(35-2)28(17)36-3/h4-14,19H,15H2,1-3H3. The molecule has 3 aromatic carbocycles. The molecule has 0 fully saturated rings. The van der Waals surface area contributed by atoms with E-state index in [1.54, 1.807) is 54.1 Å². The Morgan fingerprint density at radius 2 is 1.76 bits per heavy atom. The predicted octanol–water partition coefficient (Wildman–Crippen LogP) is 4.61. The largest absolute Gasteiger partial charge is 0.493 e. The zero-order valence-corrected chi connectivity index (χ0v) is 20.9. The van der Waals surface area contributed by atoms with Gasteiger partial charge >= 0.3 is 5.97 Å². The lowest BCUT2D eigenvalue weighted by Gasteiger charge is -2.26. The highest BCUT2D eigenvalue weighted by Crippen LogP contribution is 2.49. The normalized spacial score (nSPS) is 17.1. The molecular formula is C30H23NO7. The summed E-state index contributed by atoms with van der Waals surface area (Å²) in [5.41, 5.74) is 2.42. The molecule has 3 heterocycles. The van der Waals surface area contributed by atoms with Crippen molar-refractivity contribution in [3.8, 4) is 23.0 Å². The summed E-state index contributed by atoms with van der Waals surface area (Å²) in [6, 6.07) is 17.8. The van der Waals surface area contributed by atoms with Gasteiger partial charge < -0.3 is 23.5 Å². The fourth-order valence-corrected chi connectivity index (χ4v) is 5.24. The number of hydrogen-bond donors (Lipinski definition) is 0. The van der Waals surface area contributed by atoms with Crippen LogP contribution in [-0.4, -0.2) is 30.5 Å². The predicted molar refractivity (Wildman–Crippen MR) is 140 cm³/mol. The second kappa shape index (κ2) is 8.92. The number of para-hydroxylation sites is 2. The van der Waals surface area contributed by atoms with Crippen LogP contribution < -0.4 is 24.5 Å². The molecule has 0 amide bonds. The van der Waals surface area contributed by atoms with Crippen LogP contribution in [0.25, 0.3) is 17.0 Å². The Hall–Kier alpha value is -4.85. The van der Waals surface area contributed by atoms with E-state index >= 15 is 0 Å². The minimum absolute atomic E-state index is 0.0582. The number of pyridine rings is 1. The highest BCUT2D eigenvalue weighted by Gasteiger charge is 2.39. The van der Waals surface area contributed by atoms with Crippen LogP contribution in [0.2, 0.25) is 0 Å². The third-order valence-corrected chi connectivity index (χ3v) is 7.04. The molecular weight excluding hydrogens is 486 g/mol. The van der Waals surface area contributed by atoms with Crippen LogP contribution in [0.4, 0.5) is 0 Å². The maximum Gasteiger partial charge on any atom is 0.312 e. The Morgan fingerprint density at radius 3 is 2.55 bits per heavy atom. The third-order valence-electron chi connectivity index (χ3n) is 7.04. The van der Waals surface area contributed by atoms with E-state index in [4.69, 9.17) is 18.9 Å². The Balaban J connectivity index is 1.51. The highest BCUT2D eigenvalue weighted by molar-refractivity contribution is 6.15. The smallest absolute Gasteiger partial charge is 0.312 e. The Kier molecular flexibility index (Phi) is 5.52. The summed E-state index contributed by atoms with van der Waals surface area (Å²) >= 11 is 0. The van der Waals surface area contributed by atoms with Crippen LogP contribution in [0.1, 0.15) is 39.4 Å². The molecule has 6 rings (SSSR count). The maximum atomic E-state index is 13.5. The number of nitrogens with zero attached hydrogens (tertiary/aromatic N) is 1. The van der Waals surface area contributed by atoms with Crippen LogP contribution >= 0.6 is 0 Å². The Labute approximate surface area is 217 Å². The fraction of sp³-hybridized carbons (Fsp3) is 0.167. The quantitative estimate of drug-likeness (QED) is 0.225. The van der Waals surface area contributed by atoms with Crippen molar-refractivity contribution >= 4 is 28.7 Å². The summed E-state index contributed by atoms with van der Waals surface area (Å²) in [6.45, 7) is 0. The second-order valence-electron chi connectivity index (χ2n) is 9.13. The molecule has 1 aromatic heterocycles. The Morgan fingerprint density at radius 1 is 0.947 bits per heavy atom. The fourth-order valence-electron chi connectivity index (χ4n) is 5.24. The first-order valence-corrected chi connectivity index (χ1v) is 12.0. The topological polar surface area (TPSA) is 93.1 Å². The zero-order valence-electron chi connectivity index (χ0n) is 20.9. The van der Waals surface area contributed by atoms with Gasteiger partial charge in [0.15, 0.2) is 17.3 Å². The maximum absolute atomic E-state index is 13.5. The molecule has 0 radical (unpaired) electrons. The van der Waals surface area contributed by atoms with Gasteiger partial charge in [-0.05, 0) is 41.8 Å². The molecule has 0 saturated carbocycles. The number of hydrogen-bond acceptors (Lipinski definition) is 7. The highest BCUT2D eigenvalue weighted by atomic mass is 16.5. The molecule has 0 spiro atoms. The first kappa shape index (κ1) is 23.5. The van der Waals surface area contributed by atoms with Gasteiger partial charge in [-0.1, -0.05) is 30.3 Å². The van der Waals surface area contributed by atoms with E-state index in [-0.39, 0.29) is 35.0 Å². The van der Waals surface area contributed by atoms with Gasteiger partial charge in [0, 0.05) is 29.7 Å². The van der Waals surface area contributed by atoms with Crippen LogP contribution in [0.5, 0.6) is 23.0 Å². The first-order valence-electron chi connectivity index (χ1n) is 12.0. The minimum atomic E-state index is -0.650. The number of rotatable bonds is 4. The molecule has 0 bridgehead atoms. The summed E-state index contributed by atoms with van der Waals surface area (Å²) in [7, 11) is 4.76. The molecule has 0 aliphatic carbocycles. The van der Waals surface area contributed by atoms with E-state index in [1.807, 2.05) is 24.3 Å². The lowest BCUT2D eigenvalue weighted by molar-refractivity contribution is -0.135. The van der Waals surface area contributed by atoms with Gasteiger partial charge in [0.05, 0.1) is 31.7 Å². The van der Waals surface area contributed by atoms with Crippen molar-refractivity contribution in [2.75, 3.05) is 14.2 Å². The third kappa shape index (κ3) is 3.56. The van der Waals surface area contributed by atoms with Crippen LogP contribution in [0, 0.1) is 0 Å². The number of benzene rings is 3. The summed E-state index contributed by atoms with van der Waals surface area (Å²) in [5.74, 6) is 0.185. The molecule has 0 N–H and O–H groups in total. The van der Waals surface area contributed by atoms with Gasteiger partial charge in [-0.3, -0.25) is 14.4 Å². The minimum Gasteiger partial charge on any atom is -0.493 e. The SMILES string of the molecule is COc1cccc(C=C2Oc3c(ccc4c3C(c3cc5ccccc5n(C)c3=O)CC(=O)O4)C2=O)c1OC. The van der Waals surface area contributed by atoms with E-state index in [0.29, 0.717) is 33.8 Å². The van der Waals surface area contributed by atoms with Crippen molar-refractivity contribution in [3.05, 3.63) is 99.0 Å². The number of carbonyl (C=O) groups excluding carboxylic acids is 2. The van der Waals surface area contributed by atoms with Crippen LogP contribution in [0.3, 0.4) is 0 Å². The summed E-state index contributed by atoms with van der Waals surface area (Å²) in [5, 5.41) is 0.861. The summed E-state index contributed by atoms with van der Waals surface area (Å²) in [6.07, 6.45) is 1.53. The number of aryl methyl sites for hydroxylation is 1. The number of methoxy groups -OCH3 is 2. The molecule has 4 aromatic rings. The van der Waals surface area contributed by atoms with Crippen molar-refractivity contribution in [2.24, 2.45) is 7.05 Å².